The summed E-state index contributed by atoms with van der Waals surface area (Å²) >= 11 is 15.3. The maximum absolute atomic E-state index is 13.1. The second-order valence-electron chi connectivity index (χ2n) is 7.54. The predicted octanol–water partition coefficient (Wildman–Crippen LogP) is 5.70. The lowest BCUT2D eigenvalue weighted by molar-refractivity contribution is -0.122. The quantitative estimate of drug-likeness (QED) is 0.282. The average molecular weight is 590 g/mol. The molecule has 1 aliphatic heterocycles. The van der Waals surface area contributed by atoms with Gasteiger partial charge in [-0.15, -0.1) is 0 Å². The molecule has 3 aromatic rings. The predicted molar refractivity (Wildman–Crippen MR) is 137 cm³/mol. The van der Waals surface area contributed by atoms with Crippen LogP contribution in [0.15, 0.2) is 70.7 Å². The molecule has 0 spiro atoms. The number of carboxylic acid groups (broad SMARTS) is 1. The highest BCUT2D eigenvalue weighted by Gasteiger charge is 2.37. The molecule has 36 heavy (non-hydrogen) atoms. The average Bonchev–Trinajstić information content (AvgIpc) is 2.83. The Morgan fingerprint density at radius 3 is 2.36 bits per heavy atom. The van der Waals surface area contributed by atoms with Crippen molar-refractivity contribution in [2.45, 2.75) is 6.61 Å². The summed E-state index contributed by atoms with van der Waals surface area (Å²) in [7, 11) is 0. The molecule has 1 fully saturated rings. The monoisotopic (exact) mass is 588 g/mol. The number of imide groups is 2. The van der Waals surface area contributed by atoms with Crippen molar-refractivity contribution in [1.82, 2.24) is 5.32 Å². The van der Waals surface area contributed by atoms with Crippen LogP contribution in [0.4, 0.5) is 10.5 Å². The lowest BCUT2D eigenvalue weighted by Crippen LogP contribution is -2.54. The maximum Gasteiger partial charge on any atom is 0.335 e. The Morgan fingerprint density at radius 2 is 1.72 bits per heavy atom. The molecule has 0 saturated carbocycles. The van der Waals surface area contributed by atoms with E-state index < -0.39 is 23.8 Å². The molecule has 8 nitrogen and oxygen atoms in total. The molecule has 11 heteroatoms. The van der Waals surface area contributed by atoms with Crippen molar-refractivity contribution in [3.05, 3.63) is 97.4 Å². The van der Waals surface area contributed by atoms with E-state index in [0.717, 1.165) is 10.5 Å². The van der Waals surface area contributed by atoms with Crippen molar-refractivity contribution in [3.63, 3.8) is 0 Å². The molecule has 0 unspecified atom stereocenters. The van der Waals surface area contributed by atoms with Gasteiger partial charge >= 0.3 is 12.0 Å². The van der Waals surface area contributed by atoms with E-state index in [0.29, 0.717) is 15.8 Å². The van der Waals surface area contributed by atoms with Gasteiger partial charge in [0, 0.05) is 0 Å². The third-order valence-corrected chi connectivity index (χ3v) is 6.48. The van der Waals surface area contributed by atoms with Crippen molar-refractivity contribution in [3.8, 4) is 5.75 Å². The Labute approximate surface area is 223 Å². The molecule has 1 aliphatic rings. The molecular formula is C25H15BrCl2N2O6. The maximum atomic E-state index is 13.1. The zero-order valence-electron chi connectivity index (χ0n) is 18.1. The number of halogens is 3. The van der Waals surface area contributed by atoms with Crippen LogP contribution in [-0.2, 0) is 16.2 Å². The SMILES string of the molecule is O=C1NC(=O)N(c2ccc(Cl)c(Cl)c2)C(=O)/C1=C/c1ccc(OCc2ccc(C(=O)O)cc2)c(Br)c1. The summed E-state index contributed by atoms with van der Waals surface area (Å²) in [6.07, 6.45) is 1.35. The summed E-state index contributed by atoms with van der Waals surface area (Å²) in [5, 5.41) is 11.5. The number of rotatable bonds is 6. The Balaban J connectivity index is 1.53. The number of ether oxygens (including phenoxy) is 1. The Hall–Kier alpha value is -3.66. The number of anilines is 1. The third-order valence-electron chi connectivity index (χ3n) is 5.13. The lowest BCUT2D eigenvalue weighted by Gasteiger charge is -2.26. The molecule has 0 aliphatic carbocycles. The first-order valence-electron chi connectivity index (χ1n) is 10.2. The van der Waals surface area contributed by atoms with Gasteiger partial charge in [-0.05, 0) is 75.6 Å². The first-order chi connectivity index (χ1) is 17.1. The summed E-state index contributed by atoms with van der Waals surface area (Å²) in [5.74, 6) is -2.16. The van der Waals surface area contributed by atoms with Gasteiger partial charge in [0.25, 0.3) is 11.8 Å². The van der Waals surface area contributed by atoms with Gasteiger partial charge in [0.15, 0.2) is 0 Å². The molecule has 1 heterocycles. The van der Waals surface area contributed by atoms with Gasteiger partial charge in [-0.1, -0.05) is 41.4 Å². The Morgan fingerprint density at radius 1 is 1.00 bits per heavy atom. The van der Waals surface area contributed by atoms with Crippen molar-refractivity contribution in [2.75, 3.05) is 4.90 Å². The molecule has 0 aromatic heterocycles. The Kier molecular flexibility index (Phi) is 7.44. The fourth-order valence-corrected chi connectivity index (χ4v) is 4.11. The summed E-state index contributed by atoms with van der Waals surface area (Å²) in [6.45, 7) is 0.195. The van der Waals surface area contributed by atoms with E-state index in [1.165, 1.54) is 36.4 Å². The number of nitrogens with one attached hydrogen (secondary N) is 1. The largest absolute Gasteiger partial charge is 0.488 e. The van der Waals surface area contributed by atoms with Crippen LogP contribution in [0.2, 0.25) is 10.0 Å². The van der Waals surface area contributed by atoms with E-state index in [2.05, 4.69) is 21.2 Å². The van der Waals surface area contributed by atoms with Crippen LogP contribution in [0.25, 0.3) is 6.08 Å². The van der Waals surface area contributed by atoms with Gasteiger partial charge in [0.1, 0.15) is 17.9 Å². The van der Waals surface area contributed by atoms with E-state index >= 15 is 0 Å². The number of amides is 4. The second-order valence-corrected chi connectivity index (χ2v) is 9.21. The van der Waals surface area contributed by atoms with Crippen LogP contribution >= 0.6 is 39.1 Å². The van der Waals surface area contributed by atoms with Crippen molar-refractivity contribution in [1.29, 1.82) is 0 Å². The van der Waals surface area contributed by atoms with Crippen LogP contribution in [-0.4, -0.2) is 28.9 Å². The molecular weight excluding hydrogens is 575 g/mol. The number of carbonyl (C=O) groups is 4. The van der Waals surface area contributed by atoms with Gasteiger partial charge in [-0.25, -0.2) is 14.5 Å². The number of benzene rings is 3. The third kappa shape index (κ3) is 5.43. The molecule has 0 radical (unpaired) electrons. The van der Waals surface area contributed by atoms with Gasteiger partial charge < -0.3 is 9.84 Å². The van der Waals surface area contributed by atoms with Crippen molar-refractivity contribution >= 4 is 74.7 Å². The number of carboxylic acids is 1. The number of urea groups is 1. The number of hydrogen-bond acceptors (Lipinski definition) is 5. The van der Waals surface area contributed by atoms with Gasteiger partial charge in [-0.2, -0.15) is 0 Å². The highest BCUT2D eigenvalue weighted by atomic mass is 79.9. The van der Waals surface area contributed by atoms with Crippen molar-refractivity contribution in [2.24, 2.45) is 0 Å². The minimum absolute atomic E-state index is 0.148. The molecule has 4 rings (SSSR count). The van der Waals surface area contributed by atoms with Crippen molar-refractivity contribution < 1.29 is 29.0 Å². The van der Waals surface area contributed by atoms with Gasteiger partial charge in [0.2, 0.25) is 0 Å². The summed E-state index contributed by atoms with van der Waals surface area (Å²) in [4.78, 5) is 49.6. The van der Waals surface area contributed by atoms with Crippen LogP contribution in [0.1, 0.15) is 21.5 Å². The summed E-state index contributed by atoms with van der Waals surface area (Å²) in [5.41, 5.74) is 1.36. The number of barbiturate groups is 1. The zero-order chi connectivity index (χ0) is 26.0. The fraction of sp³-hybridized carbons (Fsp3) is 0.0400. The summed E-state index contributed by atoms with van der Waals surface area (Å²) < 4.78 is 6.34. The van der Waals surface area contributed by atoms with Crippen LogP contribution in [0.3, 0.4) is 0 Å². The zero-order valence-corrected chi connectivity index (χ0v) is 21.2. The first-order valence-corrected chi connectivity index (χ1v) is 11.8. The van der Waals surface area contributed by atoms with E-state index in [1.807, 2.05) is 0 Å². The lowest BCUT2D eigenvalue weighted by atomic mass is 10.1. The minimum Gasteiger partial charge on any atom is -0.488 e. The molecule has 0 bridgehead atoms. The van der Waals surface area contributed by atoms with Gasteiger partial charge in [-0.3, -0.25) is 14.9 Å². The molecule has 182 valence electrons. The molecule has 4 amide bonds. The van der Waals surface area contributed by atoms with E-state index in [-0.39, 0.29) is 33.5 Å². The molecule has 0 atom stereocenters. The second kappa shape index (κ2) is 10.5. The minimum atomic E-state index is -1.01. The number of hydrogen-bond donors (Lipinski definition) is 2. The molecule has 2 N–H and O–H groups in total. The standard InChI is InChI=1S/C25H15BrCl2N2O6/c26-18-10-14(3-8-21(18)36-12-13-1-4-15(5-2-13)24(33)34)9-17-22(31)29-25(35)30(23(17)32)16-6-7-19(27)20(28)11-16/h1-11H,12H2,(H,33,34)(H,29,31,35)/b17-9+. The highest BCUT2D eigenvalue weighted by Crippen LogP contribution is 2.31. The first kappa shape index (κ1) is 25.4. The summed E-state index contributed by atoms with van der Waals surface area (Å²) in [6, 6.07) is 14.6. The van der Waals surface area contributed by atoms with E-state index in [4.69, 9.17) is 33.0 Å². The fourth-order valence-electron chi connectivity index (χ4n) is 3.31. The molecule has 3 aromatic carbocycles. The Bertz CT molecular complexity index is 1440. The number of aromatic carboxylic acids is 1. The smallest absolute Gasteiger partial charge is 0.335 e. The van der Waals surface area contributed by atoms with Crippen LogP contribution in [0, 0.1) is 0 Å². The van der Waals surface area contributed by atoms with E-state index in [9.17, 15) is 19.2 Å². The molecule has 1 saturated heterocycles. The highest BCUT2D eigenvalue weighted by molar-refractivity contribution is 9.10. The normalized spacial score (nSPS) is 14.7. The van der Waals surface area contributed by atoms with Gasteiger partial charge in [0.05, 0.1) is 25.8 Å². The number of nitrogens with zero attached hydrogens (tertiary/aromatic N) is 1. The topological polar surface area (TPSA) is 113 Å². The van der Waals surface area contributed by atoms with E-state index in [1.54, 1.807) is 30.3 Å². The number of carbonyl (C=O) groups excluding carboxylic acids is 3. The van der Waals surface area contributed by atoms with Crippen LogP contribution < -0.4 is 15.0 Å². The van der Waals surface area contributed by atoms with Crippen LogP contribution in [0.5, 0.6) is 5.75 Å².